The van der Waals surface area contributed by atoms with E-state index in [-0.39, 0.29) is 5.82 Å². The second-order valence-electron chi connectivity index (χ2n) is 5.52. The lowest BCUT2D eigenvalue weighted by Gasteiger charge is -2.33. The van der Waals surface area contributed by atoms with E-state index in [1.165, 1.54) is 17.7 Å². The topological polar surface area (TPSA) is 7.68 Å². The molecule has 1 N–H and O–H groups in total. The molecule has 1 fully saturated rings. The molecule has 0 saturated carbocycles. The van der Waals surface area contributed by atoms with E-state index >= 15 is 0 Å². The van der Waals surface area contributed by atoms with Crippen LogP contribution in [-0.2, 0) is 6.54 Å². The fourth-order valence-electron chi connectivity index (χ4n) is 2.85. The third-order valence-electron chi connectivity index (χ3n) is 4.01. The van der Waals surface area contributed by atoms with E-state index in [0.29, 0.717) is 0 Å². The molecule has 0 bridgehead atoms. The minimum atomic E-state index is -0.169. The van der Waals surface area contributed by atoms with E-state index in [1.807, 2.05) is 12.1 Å². The number of rotatable bonds is 3. The fourth-order valence-corrected chi connectivity index (χ4v) is 3.29. The van der Waals surface area contributed by atoms with Crippen molar-refractivity contribution in [1.29, 1.82) is 0 Å². The number of quaternary nitrogens is 1. The van der Waals surface area contributed by atoms with Crippen LogP contribution in [0.5, 0.6) is 0 Å². The van der Waals surface area contributed by atoms with Gasteiger partial charge in [0.25, 0.3) is 0 Å². The Bertz CT molecular complexity index is 592. The Balaban J connectivity index is 1.56. The third-order valence-corrected chi connectivity index (χ3v) is 4.50. The van der Waals surface area contributed by atoms with Gasteiger partial charge in [0, 0.05) is 15.7 Å². The lowest BCUT2D eigenvalue weighted by Crippen LogP contribution is -3.13. The number of halogens is 2. The first-order chi connectivity index (χ1) is 10.2. The molecule has 0 amide bonds. The summed E-state index contributed by atoms with van der Waals surface area (Å²) in [5.41, 5.74) is 2.49. The first-order valence-corrected chi connectivity index (χ1v) is 8.08. The molecule has 3 rings (SSSR count). The van der Waals surface area contributed by atoms with Crippen molar-refractivity contribution in [2.45, 2.75) is 6.54 Å². The molecule has 2 aromatic rings. The minimum Gasteiger partial charge on any atom is -0.360 e. The number of hydrogen-bond donors (Lipinski definition) is 1. The molecule has 0 spiro atoms. The number of nitrogens with one attached hydrogen (secondary N) is 1. The van der Waals surface area contributed by atoms with Gasteiger partial charge in [-0.1, -0.05) is 28.1 Å². The van der Waals surface area contributed by atoms with Crippen LogP contribution in [0.15, 0.2) is 53.0 Å². The molecule has 0 aromatic heterocycles. The van der Waals surface area contributed by atoms with Gasteiger partial charge in [-0.2, -0.15) is 0 Å². The molecule has 1 aliphatic heterocycles. The summed E-state index contributed by atoms with van der Waals surface area (Å²) < 4.78 is 14.1. The highest BCUT2D eigenvalue weighted by atomic mass is 79.9. The van der Waals surface area contributed by atoms with Crippen LogP contribution >= 0.6 is 15.9 Å². The lowest BCUT2D eigenvalue weighted by atomic mass is 10.2. The molecule has 4 heteroatoms. The molecule has 1 aliphatic rings. The van der Waals surface area contributed by atoms with Crippen LogP contribution in [0.2, 0.25) is 0 Å². The SMILES string of the molecule is Fc1ccc(N2CC[NH+](Cc3cccc(Br)c3)CC2)cc1. The number of anilines is 1. The zero-order chi connectivity index (χ0) is 14.7. The average molecular weight is 350 g/mol. The van der Waals surface area contributed by atoms with Crippen LogP contribution in [0, 0.1) is 5.82 Å². The zero-order valence-electron chi connectivity index (χ0n) is 11.9. The molecule has 2 aromatic carbocycles. The Morgan fingerprint density at radius 1 is 1.05 bits per heavy atom. The van der Waals surface area contributed by atoms with Gasteiger partial charge in [-0.15, -0.1) is 0 Å². The van der Waals surface area contributed by atoms with Gasteiger partial charge in [-0.05, 0) is 36.4 Å². The van der Waals surface area contributed by atoms with Gasteiger partial charge in [0.2, 0.25) is 0 Å². The van der Waals surface area contributed by atoms with E-state index in [4.69, 9.17) is 0 Å². The van der Waals surface area contributed by atoms with Crippen LogP contribution < -0.4 is 9.80 Å². The van der Waals surface area contributed by atoms with E-state index in [1.54, 1.807) is 4.90 Å². The molecule has 0 atom stereocenters. The lowest BCUT2D eigenvalue weighted by molar-refractivity contribution is -0.914. The van der Waals surface area contributed by atoms with E-state index in [2.05, 4.69) is 45.1 Å². The Kier molecular flexibility index (Phi) is 4.56. The summed E-state index contributed by atoms with van der Waals surface area (Å²) in [5, 5.41) is 0. The van der Waals surface area contributed by atoms with Crippen LogP contribution in [0.4, 0.5) is 10.1 Å². The van der Waals surface area contributed by atoms with Crippen molar-refractivity contribution < 1.29 is 9.29 Å². The molecule has 1 saturated heterocycles. The predicted octanol–water partition coefficient (Wildman–Crippen LogP) is 2.49. The summed E-state index contributed by atoms with van der Waals surface area (Å²) >= 11 is 3.52. The average Bonchev–Trinajstić information content (AvgIpc) is 2.49. The molecule has 0 unspecified atom stereocenters. The van der Waals surface area contributed by atoms with E-state index in [0.717, 1.165) is 42.9 Å². The summed E-state index contributed by atoms with van der Waals surface area (Å²) in [7, 11) is 0. The smallest absolute Gasteiger partial charge is 0.123 e. The minimum absolute atomic E-state index is 0.169. The number of benzene rings is 2. The number of nitrogens with zero attached hydrogens (tertiary/aromatic N) is 1. The molecule has 2 nitrogen and oxygen atoms in total. The summed E-state index contributed by atoms with van der Waals surface area (Å²) in [6.45, 7) is 5.34. The Morgan fingerprint density at radius 2 is 1.76 bits per heavy atom. The van der Waals surface area contributed by atoms with Gasteiger partial charge in [0.1, 0.15) is 12.4 Å². The maximum Gasteiger partial charge on any atom is 0.123 e. The van der Waals surface area contributed by atoms with Crippen molar-refractivity contribution in [3.8, 4) is 0 Å². The van der Waals surface area contributed by atoms with Gasteiger partial charge in [-0.3, -0.25) is 0 Å². The van der Waals surface area contributed by atoms with Gasteiger partial charge in [0.15, 0.2) is 0 Å². The maximum absolute atomic E-state index is 13.0. The van der Waals surface area contributed by atoms with Gasteiger partial charge >= 0.3 is 0 Å². The molecule has 0 radical (unpaired) electrons. The Morgan fingerprint density at radius 3 is 2.43 bits per heavy atom. The molecule has 21 heavy (non-hydrogen) atoms. The van der Waals surface area contributed by atoms with Crippen LogP contribution in [0.3, 0.4) is 0 Å². The summed E-state index contributed by atoms with van der Waals surface area (Å²) in [5.74, 6) is -0.169. The normalized spacial score (nSPS) is 16.2. The predicted molar refractivity (Wildman–Crippen MR) is 87.2 cm³/mol. The zero-order valence-corrected chi connectivity index (χ0v) is 13.4. The summed E-state index contributed by atoms with van der Waals surface area (Å²) in [6, 6.07) is 15.3. The molecule has 1 heterocycles. The number of hydrogen-bond acceptors (Lipinski definition) is 1. The molecule has 110 valence electrons. The highest BCUT2D eigenvalue weighted by molar-refractivity contribution is 9.10. The van der Waals surface area contributed by atoms with Crippen molar-refractivity contribution in [3.63, 3.8) is 0 Å². The van der Waals surface area contributed by atoms with E-state index < -0.39 is 0 Å². The van der Waals surface area contributed by atoms with Crippen molar-refractivity contribution >= 4 is 21.6 Å². The van der Waals surface area contributed by atoms with Gasteiger partial charge in [0.05, 0.1) is 26.2 Å². The van der Waals surface area contributed by atoms with Gasteiger partial charge in [-0.25, -0.2) is 4.39 Å². The standard InChI is InChI=1S/C17H18BrFN2/c18-15-3-1-2-14(12-15)13-20-8-10-21(11-9-20)17-6-4-16(19)5-7-17/h1-7,12H,8-11,13H2/p+1. The monoisotopic (exact) mass is 349 g/mol. The molecular weight excluding hydrogens is 331 g/mol. The van der Waals surface area contributed by atoms with Crippen LogP contribution in [-0.4, -0.2) is 26.2 Å². The fraction of sp³-hybridized carbons (Fsp3) is 0.294. The first kappa shape index (κ1) is 14.5. The Hall–Kier alpha value is -1.39. The van der Waals surface area contributed by atoms with E-state index in [9.17, 15) is 4.39 Å². The molecular formula is C17H19BrFN2+. The summed E-state index contributed by atoms with van der Waals surface area (Å²) in [4.78, 5) is 3.94. The maximum atomic E-state index is 13.0. The second-order valence-corrected chi connectivity index (χ2v) is 6.44. The Labute approximate surface area is 133 Å². The highest BCUT2D eigenvalue weighted by Crippen LogP contribution is 2.15. The van der Waals surface area contributed by atoms with Crippen molar-refractivity contribution in [1.82, 2.24) is 0 Å². The third kappa shape index (κ3) is 3.83. The van der Waals surface area contributed by atoms with Crippen molar-refractivity contribution in [2.24, 2.45) is 0 Å². The van der Waals surface area contributed by atoms with Crippen LogP contribution in [0.1, 0.15) is 5.56 Å². The van der Waals surface area contributed by atoms with Crippen molar-refractivity contribution in [3.05, 3.63) is 64.4 Å². The molecule has 0 aliphatic carbocycles. The van der Waals surface area contributed by atoms with Crippen LogP contribution in [0.25, 0.3) is 0 Å². The van der Waals surface area contributed by atoms with Crippen molar-refractivity contribution in [2.75, 3.05) is 31.1 Å². The highest BCUT2D eigenvalue weighted by Gasteiger charge is 2.20. The quantitative estimate of drug-likeness (QED) is 0.894. The van der Waals surface area contributed by atoms with Gasteiger partial charge < -0.3 is 9.80 Å². The number of piperazine rings is 1. The largest absolute Gasteiger partial charge is 0.360 e. The second kappa shape index (κ2) is 6.58. The first-order valence-electron chi connectivity index (χ1n) is 7.29. The summed E-state index contributed by atoms with van der Waals surface area (Å²) in [6.07, 6.45) is 0.